The maximum absolute atomic E-state index is 13.1. The average molecular weight is 314 g/mol. The number of unbranched alkanes of at least 4 members (excludes halogenated alkanes) is 1. The Morgan fingerprint density at radius 2 is 2.22 bits per heavy atom. The number of halogens is 2. The average Bonchev–Trinajstić information content (AvgIpc) is 2.34. The zero-order valence-electron chi connectivity index (χ0n) is 9.93. The molecule has 0 atom stereocenters. The lowest BCUT2D eigenvalue weighted by Crippen LogP contribution is -2.10. The third-order valence-corrected chi connectivity index (χ3v) is 3.34. The monoisotopic (exact) mass is 313 g/mol. The van der Waals surface area contributed by atoms with Gasteiger partial charge in [0.1, 0.15) is 16.0 Å². The summed E-state index contributed by atoms with van der Waals surface area (Å²) >= 11 is 3.21. The lowest BCUT2D eigenvalue weighted by molar-refractivity contribution is 0.310. The van der Waals surface area contributed by atoms with E-state index >= 15 is 0 Å². The molecule has 0 saturated carbocycles. The molecule has 0 amide bonds. The van der Waals surface area contributed by atoms with E-state index in [2.05, 4.69) is 27.8 Å². The van der Waals surface area contributed by atoms with Crippen LogP contribution in [0.5, 0.6) is 5.75 Å². The van der Waals surface area contributed by atoms with E-state index in [4.69, 9.17) is 4.74 Å². The molecule has 0 spiro atoms. The molecule has 96 valence electrons. The molecule has 1 aromatic carbocycles. The smallest absolute Gasteiger partial charge is 0.266 e. The van der Waals surface area contributed by atoms with Gasteiger partial charge in [-0.05, 0) is 40.5 Å². The van der Waals surface area contributed by atoms with Crippen LogP contribution in [-0.2, 0) is 0 Å². The van der Waals surface area contributed by atoms with Crippen LogP contribution in [0.1, 0.15) is 19.8 Å². The maximum Gasteiger partial charge on any atom is 0.266 e. The highest BCUT2D eigenvalue weighted by Crippen LogP contribution is 2.30. The van der Waals surface area contributed by atoms with Crippen LogP contribution in [0, 0.1) is 5.82 Å². The number of nitrogens with one attached hydrogen (secondary N) is 1. The molecule has 0 aliphatic heterocycles. The number of hydrogen-bond donors (Lipinski definition) is 1. The predicted molar refractivity (Wildman–Crippen MR) is 72.6 cm³/mol. The molecule has 0 aliphatic carbocycles. The number of benzene rings is 1. The van der Waals surface area contributed by atoms with Gasteiger partial charge < -0.3 is 9.72 Å². The van der Waals surface area contributed by atoms with E-state index in [0.717, 1.165) is 12.8 Å². The standard InChI is InChI=1S/C13H13BrFNO2/c1-2-3-6-18-12-9-5-4-8(15)7-10(9)16-13(17)11(12)14/h4-5,7H,2-3,6H2,1H3,(H,16,17). The Bertz CT molecular complexity index is 624. The number of ether oxygens (including phenoxy) is 1. The zero-order chi connectivity index (χ0) is 13.1. The van der Waals surface area contributed by atoms with Gasteiger partial charge in [0, 0.05) is 5.39 Å². The fourth-order valence-electron chi connectivity index (χ4n) is 1.68. The van der Waals surface area contributed by atoms with E-state index in [9.17, 15) is 9.18 Å². The first-order valence-electron chi connectivity index (χ1n) is 5.77. The molecule has 0 saturated heterocycles. The Hall–Kier alpha value is -1.36. The molecule has 2 rings (SSSR count). The summed E-state index contributed by atoms with van der Waals surface area (Å²) in [5, 5.41) is 0.693. The first-order chi connectivity index (χ1) is 8.63. The van der Waals surface area contributed by atoms with Gasteiger partial charge in [-0.2, -0.15) is 0 Å². The van der Waals surface area contributed by atoms with Gasteiger partial charge in [-0.1, -0.05) is 13.3 Å². The van der Waals surface area contributed by atoms with Crippen LogP contribution in [0.15, 0.2) is 27.5 Å². The van der Waals surface area contributed by atoms with Crippen molar-refractivity contribution in [2.24, 2.45) is 0 Å². The van der Waals surface area contributed by atoms with Crippen molar-refractivity contribution in [3.63, 3.8) is 0 Å². The third kappa shape index (κ3) is 2.56. The molecule has 0 bridgehead atoms. The topological polar surface area (TPSA) is 42.1 Å². The molecule has 1 aromatic heterocycles. The Labute approximate surface area is 112 Å². The largest absolute Gasteiger partial charge is 0.491 e. The van der Waals surface area contributed by atoms with Gasteiger partial charge in [-0.25, -0.2) is 4.39 Å². The summed E-state index contributed by atoms with van der Waals surface area (Å²) in [5.41, 5.74) is 0.120. The van der Waals surface area contributed by atoms with Crippen LogP contribution in [0.3, 0.4) is 0 Å². The number of rotatable bonds is 4. The second-order valence-corrected chi connectivity index (χ2v) is 4.78. The zero-order valence-corrected chi connectivity index (χ0v) is 11.5. The van der Waals surface area contributed by atoms with Crippen LogP contribution in [0.2, 0.25) is 0 Å². The molecule has 0 fully saturated rings. The first-order valence-corrected chi connectivity index (χ1v) is 6.56. The minimum absolute atomic E-state index is 0.320. The van der Waals surface area contributed by atoms with Crippen molar-refractivity contribution >= 4 is 26.8 Å². The van der Waals surface area contributed by atoms with Crippen molar-refractivity contribution in [3.8, 4) is 5.75 Å². The maximum atomic E-state index is 13.1. The highest BCUT2D eigenvalue weighted by atomic mass is 79.9. The van der Waals surface area contributed by atoms with Crippen LogP contribution in [0.25, 0.3) is 10.9 Å². The van der Waals surface area contributed by atoms with Gasteiger partial charge in [0.2, 0.25) is 0 Å². The van der Waals surface area contributed by atoms with Gasteiger partial charge in [0.25, 0.3) is 5.56 Å². The number of aromatic amines is 1. The van der Waals surface area contributed by atoms with Gasteiger partial charge in [0.15, 0.2) is 0 Å². The molecular formula is C13H13BrFNO2. The number of aromatic nitrogens is 1. The van der Waals surface area contributed by atoms with E-state index in [0.29, 0.717) is 27.7 Å². The Kier molecular flexibility index (Phi) is 4.01. The van der Waals surface area contributed by atoms with E-state index in [1.807, 2.05) is 0 Å². The normalized spacial score (nSPS) is 10.8. The molecule has 0 unspecified atom stereocenters. The second-order valence-electron chi connectivity index (χ2n) is 3.99. The van der Waals surface area contributed by atoms with Crippen LogP contribution in [0.4, 0.5) is 4.39 Å². The number of pyridine rings is 1. The van der Waals surface area contributed by atoms with E-state index in [1.165, 1.54) is 12.1 Å². The SMILES string of the molecule is CCCCOc1c(Br)c(=O)[nH]c2cc(F)ccc12. The summed E-state index contributed by atoms with van der Waals surface area (Å²) in [4.78, 5) is 14.3. The van der Waals surface area contributed by atoms with Crippen molar-refractivity contribution in [2.45, 2.75) is 19.8 Å². The van der Waals surface area contributed by atoms with Crippen molar-refractivity contribution in [2.75, 3.05) is 6.61 Å². The van der Waals surface area contributed by atoms with Crippen LogP contribution < -0.4 is 10.3 Å². The van der Waals surface area contributed by atoms with Gasteiger partial charge >= 0.3 is 0 Å². The lowest BCUT2D eigenvalue weighted by atomic mass is 10.2. The fraction of sp³-hybridized carbons (Fsp3) is 0.308. The van der Waals surface area contributed by atoms with Crippen molar-refractivity contribution < 1.29 is 9.13 Å². The summed E-state index contributed by atoms with van der Waals surface area (Å²) in [6.07, 6.45) is 1.91. The van der Waals surface area contributed by atoms with Crippen molar-refractivity contribution in [3.05, 3.63) is 38.8 Å². The second kappa shape index (κ2) is 5.52. The minimum atomic E-state index is -0.389. The molecule has 2 aromatic rings. The van der Waals surface area contributed by atoms with Crippen LogP contribution in [-0.4, -0.2) is 11.6 Å². The Morgan fingerprint density at radius 3 is 2.94 bits per heavy atom. The Morgan fingerprint density at radius 1 is 1.44 bits per heavy atom. The molecule has 1 heterocycles. The van der Waals surface area contributed by atoms with E-state index in [1.54, 1.807) is 6.07 Å². The molecule has 18 heavy (non-hydrogen) atoms. The predicted octanol–water partition coefficient (Wildman–Crippen LogP) is 3.61. The van der Waals surface area contributed by atoms with E-state index < -0.39 is 0 Å². The summed E-state index contributed by atoms with van der Waals surface area (Å²) < 4.78 is 19.1. The Balaban J connectivity index is 2.54. The van der Waals surface area contributed by atoms with Gasteiger partial charge in [-0.15, -0.1) is 0 Å². The summed E-state index contributed by atoms with van der Waals surface area (Å²) in [6.45, 7) is 2.59. The number of fused-ring (bicyclic) bond motifs is 1. The quantitative estimate of drug-likeness (QED) is 0.876. The first kappa shape index (κ1) is 13.1. The highest BCUT2D eigenvalue weighted by Gasteiger charge is 2.12. The van der Waals surface area contributed by atoms with Crippen molar-refractivity contribution in [1.29, 1.82) is 0 Å². The minimum Gasteiger partial charge on any atom is -0.491 e. The number of hydrogen-bond acceptors (Lipinski definition) is 2. The third-order valence-electron chi connectivity index (χ3n) is 2.62. The summed E-state index contributed by atoms with van der Waals surface area (Å²) in [5.74, 6) is 0.0854. The molecule has 0 radical (unpaired) electrons. The molecule has 3 nitrogen and oxygen atoms in total. The highest BCUT2D eigenvalue weighted by molar-refractivity contribution is 9.10. The lowest BCUT2D eigenvalue weighted by Gasteiger charge is -2.10. The van der Waals surface area contributed by atoms with Crippen LogP contribution >= 0.6 is 15.9 Å². The summed E-state index contributed by atoms with van der Waals surface area (Å²) in [7, 11) is 0. The summed E-state index contributed by atoms with van der Waals surface area (Å²) in [6, 6.07) is 4.24. The van der Waals surface area contributed by atoms with Gasteiger partial charge in [-0.3, -0.25) is 4.79 Å². The fourth-order valence-corrected chi connectivity index (χ4v) is 2.10. The van der Waals surface area contributed by atoms with Gasteiger partial charge in [0.05, 0.1) is 12.1 Å². The molecule has 1 N–H and O–H groups in total. The van der Waals surface area contributed by atoms with Crippen molar-refractivity contribution in [1.82, 2.24) is 4.98 Å². The molecule has 5 heteroatoms. The molecular weight excluding hydrogens is 301 g/mol. The molecule has 0 aliphatic rings. The number of H-pyrrole nitrogens is 1. The van der Waals surface area contributed by atoms with E-state index in [-0.39, 0.29) is 11.4 Å².